The Kier molecular flexibility index (Phi) is 7.65. The number of aryl methyl sites for hydroxylation is 1. The number of thiophene rings is 1. The summed E-state index contributed by atoms with van der Waals surface area (Å²) in [5.74, 6) is -0.169. The first-order valence-corrected chi connectivity index (χ1v) is 15.2. The summed E-state index contributed by atoms with van der Waals surface area (Å²) in [6.07, 6.45) is 2.64. The van der Waals surface area contributed by atoms with Crippen molar-refractivity contribution in [1.82, 2.24) is 0 Å². The van der Waals surface area contributed by atoms with E-state index in [0.29, 0.717) is 21.9 Å². The fraction of sp³-hybridized carbons (Fsp3) is 0.200. The summed E-state index contributed by atoms with van der Waals surface area (Å²) in [7, 11) is 0. The van der Waals surface area contributed by atoms with Gasteiger partial charge in [-0.3, -0.25) is 14.5 Å². The minimum Gasteiger partial charge on any atom is -0.305 e. The quantitative estimate of drug-likeness (QED) is 0.201. The Bertz CT molecular complexity index is 1710. The van der Waals surface area contributed by atoms with Crippen molar-refractivity contribution in [2.45, 2.75) is 45.2 Å². The average molecular weight is 579 g/mol. The van der Waals surface area contributed by atoms with E-state index in [9.17, 15) is 9.59 Å². The monoisotopic (exact) mass is 578 g/mol. The zero-order valence-electron chi connectivity index (χ0n) is 23.1. The van der Waals surface area contributed by atoms with E-state index >= 15 is 0 Å². The second-order valence-corrected chi connectivity index (χ2v) is 12.0. The Morgan fingerprint density at radius 1 is 0.902 bits per heavy atom. The first kappa shape index (κ1) is 27.3. The van der Waals surface area contributed by atoms with Crippen LogP contribution in [0.5, 0.6) is 0 Å². The second kappa shape index (κ2) is 11.5. The average Bonchev–Trinajstić information content (AvgIpc) is 3.34. The van der Waals surface area contributed by atoms with Gasteiger partial charge in [0, 0.05) is 33.1 Å². The Hall–Kier alpha value is -3.93. The van der Waals surface area contributed by atoms with Crippen molar-refractivity contribution >= 4 is 56.2 Å². The third-order valence-electron chi connectivity index (χ3n) is 7.81. The molecule has 2 atom stereocenters. The van der Waals surface area contributed by atoms with E-state index < -0.39 is 0 Å². The third kappa shape index (κ3) is 5.05. The van der Waals surface area contributed by atoms with E-state index in [1.54, 1.807) is 0 Å². The van der Waals surface area contributed by atoms with Crippen molar-refractivity contribution in [3.63, 3.8) is 0 Å². The smallest absolute Gasteiger partial charge is 0.270 e. The van der Waals surface area contributed by atoms with Crippen molar-refractivity contribution in [2.75, 3.05) is 9.80 Å². The van der Waals surface area contributed by atoms with Gasteiger partial charge in [-0.25, -0.2) is 0 Å². The molecule has 4 aromatic carbocycles. The maximum Gasteiger partial charge on any atom is 0.270 e. The number of rotatable bonds is 6. The highest BCUT2D eigenvalue weighted by Crippen LogP contribution is 2.45. The molecule has 2 amide bonds. The number of para-hydroxylation sites is 2. The molecule has 4 nitrogen and oxygen atoms in total. The van der Waals surface area contributed by atoms with E-state index in [-0.39, 0.29) is 23.9 Å². The van der Waals surface area contributed by atoms with Crippen LogP contribution in [0.3, 0.4) is 0 Å². The predicted molar refractivity (Wildman–Crippen MR) is 171 cm³/mol. The van der Waals surface area contributed by atoms with E-state index in [2.05, 4.69) is 13.8 Å². The van der Waals surface area contributed by atoms with Crippen LogP contribution in [0.4, 0.5) is 11.4 Å². The van der Waals surface area contributed by atoms with Gasteiger partial charge in [-0.05, 0) is 67.3 Å². The number of hydrogen-bond acceptors (Lipinski definition) is 3. The summed E-state index contributed by atoms with van der Waals surface area (Å²) < 4.78 is 0.980. The molecular formula is C35H31ClN2O2S. The first-order chi connectivity index (χ1) is 20.0. The topological polar surface area (TPSA) is 40.6 Å². The normalized spacial score (nSPS) is 16.4. The van der Waals surface area contributed by atoms with E-state index in [1.807, 2.05) is 113 Å². The number of halogens is 1. The van der Waals surface area contributed by atoms with Crippen LogP contribution < -0.4 is 9.80 Å². The molecule has 0 unspecified atom stereocenters. The van der Waals surface area contributed by atoms with Gasteiger partial charge in [0.2, 0.25) is 0 Å². The molecule has 0 aliphatic carbocycles. The molecule has 6 heteroatoms. The van der Waals surface area contributed by atoms with Crippen LogP contribution in [0.15, 0.2) is 103 Å². The van der Waals surface area contributed by atoms with Crippen LogP contribution in [0.25, 0.3) is 10.1 Å². The van der Waals surface area contributed by atoms with Crippen molar-refractivity contribution in [1.29, 1.82) is 0 Å². The lowest BCUT2D eigenvalue weighted by Crippen LogP contribution is -2.47. The van der Waals surface area contributed by atoms with Crippen LogP contribution in [0.2, 0.25) is 5.02 Å². The predicted octanol–water partition coefficient (Wildman–Crippen LogP) is 9.33. The first-order valence-electron chi connectivity index (χ1n) is 14.0. The van der Waals surface area contributed by atoms with Gasteiger partial charge in [0.25, 0.3) is 11.8 Å². The molecule has 0 saturated heterocycles. The summed E-state index contributed by atoms with van der Waals surface area (Å²) in [6.45, 7) is 4.21. The maximum absolute atomic E-state index is 14.4. The van der Waals surface area contributed by atoms with Crippen LogP contribution >= 0.6 is 22.9 Å². The minimum atomic E-state index is -0.284. The van der Waals surface area contributed by atoms with Crippen molar-refractivity contribution in [3.05, 3.63) is 130 Å². The highest BCUT2D eigenvalue weighted by molar-refractivity contribution is 7.21. The molecule has 1 aliphatic rings. The molecule has 0 saturated carbocycles. The Balaban J connectivity index is 1.43. The Labute approximate surface area is 249 Å². The summed E-state index contributed by atoms with van der Waals surface area (Å²) in [5, 5.41) is 1.37. The maximum atomic E-state index is 14.4. The number of carbonyl (C=O) groups excluding carboxylic acids is 2. The van der Waals surface area contributed by atoms with E-state index in [4.69, 9.17) is 11.6 Å². The number of carbonyl (C=O) groups is 2. The number of benzene rings is 4. The van der Waals surface area contributed by atoms with E-state index in [0.717, 1.165) is 39.9 Å². The highest BCUT2D eigenvalue weighted by Gasteiger charge is 2.40. The minimum absolute atomic E-state index is 0.0309. The Morgan fingerprint density at radius 3 is 2.32 bits per heavy atom. The molecule has 0 fully saturated rings. The fourth-order valence-electron chi connectivity index (χ4n) is 5.87. The number of amides is 2. The highest BCUT2D eigenvalue weighted by atomic mass is 35.5. The molecular weight excluding hydrogens is 548 g/mol. The van der Waals surface area contributed by atoms with Gasteiger partial charge in [-0.2, -0.15) is 0 Å². The van der Waals surface area contributed by atoms with Crippen LogP contribution in [0, 0.1) is 0 Å². The van der Waals surface area contributed by atoms with Crippen molar-refractivity contribution in [3.8, 4) is 0 Å². The molecule has 206 valence electrons. The van der Waals surface area contributed by atoms with Gasteiger partial charge >= 0.3 is 0 Å². The van der Waals surface area contributed by atoms with Crippen molar-refractivity contribution in [2.24, 2.45) is 0 Å². The number of anilines is 2. The number of fused-ring (bicyclic) bond motifs is 2. The summed E-state index contributed by atoms with van der Waals surface area (Å²) in [4.78, 5) is 32.6. The molecule has 0 radical (unpaired) electrons. The molecule has 5 aromatic rings. The largest absolute Gasteiger partial charge is 0.305 e. The lowest BCUT2D eigenvalue weighted by atomic mass is 9.89. The zero-order valence-corrected chi connectivity index (χ0v) is 24.7. The number of nitrogens with zero attached hydrogens (tertiary/aromatic N) is 2. The molecule has 6 rings (SSSR count). The summed E-state index contributed by atoms with van der Waals surface area (Å²) in [5.41, 5.74) is 4.46. The van der Waals surface area contributed by atoms with Crippen LogP contribution in [-0.4, -0.2) is 17.9 Å². The Morgan fingerprint density at radius 2 is 1.59 bits per heavy atom. The second-order valence-electron chi connectivity index (χ2n) is 10.5. The lowest BCUT2D eigenvalue weighted by Gasteiger charge is -2.43. The van der Waals surface area contributed by atoms with Gasteiger partial charge in [0.15, 0.2) is 0 Å². The standard InChI is InChI=1S/C35H31ClN2O2S/c1-3-11-24-18-20-25(21-19-24)34(39)37-23(2)22-30(27-14-7-9-16-29(27)37)38(26-12-5-4-6-13-26)35(40)33-32(36)28-15-8-10-17-31(28)41-33/h4-10,12-21,23,30H,3,11,22H2,1-2H3/t23-,30-/m1/s1. The molecule has 1 aliphatic heterocycles. The number of hydrogen-bond donors (Lipinski definition) is 0. The van der Waals surface area contributed by atoms with Gasteiger partial charge in [0.05, 0.1) is 11.1 Å². The SMILES string of the molecule is CCCc1ccc(C(=O)N2c3ccccc3[C@H](N(C(=O)c3sc4ccccc4c3Cl)c3ccccc3)C[C@H]2C)cc1. The van der Waals surface area contributed by atoms with Crippen LogP contribution in [0.1, 0.15) is 63.9 Å². The van der Waals surface area contributed by atoms with Gasteiger partial charge in [-0.1, -0.05) is 91.7 Å². The zero-order chi connectivity index (χ0) is 28.5. The molecule has 0 bridgehead atoms. The summed E-state index contributed by atoms with van der Waals surface area (Å²) in [6, 6.07) is 33.1. The van der Waals surface area contributed by atoms with Crippen molar-refractivity contribution < 1.29 is 9.59 Å². The molecule has 2 heterocycles. The van der Waals surface area contributed by atoms with Gasteiger partial charge in [-0.15, -0.1) is 11.3 Å². The molecule has 41 heavy (non-hydrogen) atoms. The van der Waals surface area contributed by atoms with Crippen LogP contribution in [-0.2, 0) is 6.42 Å². The summed E-state index contributed by atoms with van der Waals surface area (Å²) >= 11 is 8.25. The molecule has 0 spiro atoms. The molecule has 1 aromatic heterocycles. The third-order valence-corrected chi connectivity index (χ3v) is 9.48. The molecule has 0 N–H and O–H groups in total. The van der Waals surface area contributed by atoms with E-state index in [1.165, 1.54) is 16.9 Å². The lowest BCUT2D eigenvalue weighted by molar-refractivity contribution is 0.0967. The van der Waals surface area contributed by atoms with Gasteiger partial charge in [0.1, 0.15) is 4.88 Å². The van der Waals surface area contributed by atoms with Gasteiger partial charge < -0.3 is 4.90 Å². The fourth-order valence-corrected chi connectivity index (χ4v) is 7.31.